The van der Waals surface area contributed by atoms with Crippen molar-refractivity contribution in [3.8, 4) is 11.5 Å². The van der Waals surface area contributed by atoms with Crippen molar-refractivity contribution >= 4 is 27.9 Å². The van der Waals surface area contributed by atoms with Gasteiger partial charge in [0.05, 0.1) is 28.4 Å². The molecule has 2 rings (SSSR count). The molecule has 7 heteroatoms. The molecule has 0 aliphatic rings. The van der Waals surface area contributed by atoms with E-state index in [4.69, 9.17) is 9.47 Å². The summed E-state index contributed by atoms with van der Waals surface area (Å²) in [4.78, 5) is 21.8. The number of halogens is 1. The molecule has 0 fully saturated rings. The molecule has 2 aromatic rings. The van der Waals surface area contributed by atoms with Crippen molar-refractivity contribution < 1.29 is 28.5 Å². The van der Waals surface area contributed by atoms with Gasteiger partial charge in [0.15, 0.2) is 0 Å². The fourth-order valence-corrected chi connectivity index (χ4v) is 3.53. The van der Waals surface area contributed by atoms with Gasteiger partial charge in [-0.25, -0.2) is 0 Å². The van der Waals surface area contributed by atoms with E-state index in [1.807, 2.05) is 36.4 Å². The van der Waals surface area contributed by atoms with Crippen LogP contribution in [0.25, 0.3) is 0 Å². The Kier molecular flexibility index (Phi) is 14.7. The molecule has 0 radical (unpaired) electrons. The molecule has 0 aromatic heterocycles. The average Bonchev–Trinajstić information content (AvgIpc) is 2.87. The minimum Gasteiger partial charge on any atom is -0.497 e. The molecule has 1 atom stereocenters. The zero-order chi connectivity index (χ0) is 24.5. The zero-order valence-electron chi connectivity index (χ0n) is 20.0. The fraction of sp³-hybridized carbons (Fsp3) is 0.462. The summed E-state index contributed by atoms with van der Waals surface area (Å²) < 4.78 is 19.4. The molecule has 0 amide bonds. The van der Waals surface area contributed by atoms with Crippen LogP contribution < -0.4 is 9.47 Å². The van der Waals surface area contributed by atoms with E-state index >= 15 is 0 Å². The van der Waals surface area contributed by atoms with E-state index in [0.29, 0.717) is 6.42 Å². The van der Waals surface area contributed by atoms with Crippen molar-refractivity contribution in [1.29, 1.82) is 0 Å². The lowest BCUT2D eigenvalue weighted by molar-refractivity contribution is -0.141. The number of unbranched alkanes of at least 4 members (excludes halogenated alkanes) is 1. The molecule has 0 bridgehead atoms. The average molecular weight is 523 g/mol. The van der Waals surface area contributed by atoms with E-state index in [1.54, 1.807) is 14.2 Å². The van der Waals surface area contributed by atoms with Gasteiger partial charge >= 0.3 is 11.9 Å². The van der Waals surface area contributed by atoms with Crippen molar-refractivity contribution in [2.24, 2.45) is 0 Å². The van der Waals surface area contributed by atoms with Gasteiger partial charge in [0.2, 0.25) is 0 Å². The van der Waals surface area contributed by atoms with Gasteiger partial charge in [-0.3, -0.25) is 9.59 Å². The van der Waals surface area contributed by atoms with E-state index < -0.39 is 0 Å². The number of rotatable bonds is 12. The van der Waals surface area contributed by atoms with Crippen LogP contribution in [0.2, 0.25) is 0 Å². The predicted octanol–water partition coefficient (Wildman–Crippen LogP) is 5.54. The molecule has 0 saturated heterocycles. The second-order valence-electron chi connectivity index (χ2n) is 7.36. The van der Waals surface area contributed by atoms with Gasteiger partial charge in [0.25, 0.3) is 0 Å². The number of aryl methyl sites for hydroxylation is 2. The van der Waals surface area contributed by atoms with Crippen molar-refractivity contribution in [2.45, 2.75) is 49.8 Å². The van der Waals surface area contributed by atoms with Crippen molar-refractivity contribution in [1.82, 2.24) is 0 Å². The minimum absolute atomic E-state index is 0.130. The number of hydrogen-bond acceptors (Lipinski definition) is 6. The van der Waals surface area contributed by atoms with E-state index in [9.17, 15) is 9.59 Å². The van der Waals surface area contributed by atoms with Gasteiger partial charge in [-0.15, -0.1) is 0 Å². The molecule has 182 valence electrons. The Morgan fingerprint density at radius 3 is 1.64 bits per heavy atom. The maximum Gasteiger partial charge on any atom is 0.319 e. The molecular formula is C26H35BrO6. The van der Waals surface area contributed by atoms with Crippen molar-refractivity contribution in [3.05, 3.63) is 59.7 Å². The molecule has 2 aromatic carbocycles. The Hall–Kier alpha value is -2.54. The lowest BCUT2D eigenvalue weighted by atomic mass is 10.1. The van der Waals surface area contributed by atoms with Crippen molar-refractivity contribution in [3.63, 3.8) is 0 Å². The Labute approximate surface area is 205 Å². The first-order chi connectivity index (χ1) is 15.9. The second-order valence-corrected chi connectivity index (χ2v) is 8.47. The topological polar surface area (TPSA) is 71.1 Å². The Bertz CT molecular complexity index is 805. The highest BCUT2D eigenvalue weighted by Crippen LogP contribution is 2.16. The Morgan fingerprint density at radius 1 is 0.727 bits per heavy atom. The highest BCUT2D eigenvalue weighted by atomic mass is 79.9. The lowest BCUT2D eigenvalue weighted by Crippen LogP contribution is -2.15. The van der Waals surface area contributed by atoms with Gasteiger partial charge in [-0.2, -0.15) is 0 Å². The quantitative estimate of drug-likeness (QED) is 0.207. The van der Waals surface area contributed by atoms with Crippen LogP contribution in [0.3, 0.4) is 0 Å². The number of benzene rings is 2. The van der Waals surface area contributed by atoms with Crippen LogP contribution in [-0.2, 0) is 31.9 Å². The number of ether oxygens (including phenoxy) is 4. The van der Waals surface area contributed by atoms with Gasteiger partial charge in [-0.05, 0) is 73.9 Å². The summed E-state index contributed by atoms with van der Waals surface area (Å²) in [5.74, 6) is 1.40. The molecule has 0 saturated carbocycles. The molecule has 0 spiro atoms. The number of carbonyl (C=O) groups is 2. The predicted molar refractivity (Wildman–Crippen MR) is 133 cm³/mol. The fourth-order valence-electron chi connectivity index (χ4n) is 3.02. The summed E-state index contributed by atoms with van der Waals surface area (Å²) >= 11 is 3.31. The lowest BCUT2D eigenvalue weighted by Gasteiger charge is -2.07. The molecule has 0 aliphatic carbocycles. The van der Waals surface area contributed by atoms with Crippen molar-refractivity contribution in [2.75, 3.05) is 28.4 Å². The molecular weight excluding hydrogens is 488 g/mol. The van der Waals surface area contributed by atoms with Crippen LogP contribution in [-0.4, -0.2) is 45.2 Å². The van der Waals surface area contributed by atoms with E-state index in [1.165, 1.54) is 25.3 Å². The molecule has 33 heavy (non-hydrogen) atoms. The summed E-state index contributed by atoms with van der Waals surface area (Å²) in [5.41, 5.74) is 2.51. The maximum absolute atomic E-state index is 11.2. The summed E-state index contributed by atoms with van der Waals surface area (Å²) in [5, 5.41) is 0. The number of hydrogen-bond donors (Lipinski definition) is 0. The summed E-state index contributed by atoms with van der Waals surface area (Å²) in [6.07, 6.45) is 6.03. The minimum atomic E-state index is -0.209. The van der Waals surface area contributed by atoms with Crippen LogP contribution in [0.5, 0.6) is 11.5 Å². The number of alkyl halides is 1. The standard InChI is InChI=1S/C13H17BrO3.C13H18O3/c1-16-11-8-6-10(7-9-11)4-3-5-12(14)13(15)17-2;1-15-12-9-7-11(8-10-12)5-3-4-6-13(14)16-2/h6-9,12H,3-5H2,1-2H3;7-10H,3-6H2,1-2H3. The maximum atomic E-state index is 11.2. The normalized spacial score (nSPS) is 10.9. The van der Waals surface area contributed by atoms with Gasteiger partial charge in [0, 0.05) is 6.42 Å². The number of esters is 2. The summed E-state index contributed by atoms with van der Waals surface area (Å²) in [6, 6.07) is 16.0. The number of methoxy groups -OCH3 is 4. The van der Waals surface area contributed by atoms with Gasteiger partial charge < -0.3 is 18.9 Å². The largest absolute Gasteiger partial charge is 0.497 e. The van der Waals surface area contributed by atoms with E-state index in [0.717, 1.165) is 50.0 Å². The molecule has 6 nitrogen and oxygen atoms in total. The highest BCUT2D eigenvalue weighted by molar-refractivity contribution is 9.10. The summed E-state index contributed by atoms with van der Waals surface area (Å²) in [6.45, 7) is 0. The van der Waals surface area contributed by atoms with Crippen LogP contribution in [0.15, 0.2) is 48.5 Å². The monoisotopic (exact) mass is 522 g/mol. The van der Waals surface area contributed by atoms with Crippen LogP contribution in [0.4, 0.5) is 0 Å². The molecule has 1 unspecified atom stereocenters. The zero-order valence-corrected chi connectivity index (χ0v) is 21.6. The number of carbonyl (C=O) groups excluding carboxylic acids is 2. The van der Waals surface area contributed by atoms with Crippen LogP contribution in [0.1, 0.15) is 43.2 Å². The third kappa shape index (κ3) is 12.3. The van der Waals surface area contributed by atoms with E-state index in [-0.39, 0.29) is 16.8 Å². The van der Waals surface area contributed by atoms with E-state index in [2.05, 4.69) is 37.5 Å². The SMILES string of the molecule is COC(=O)C(Br)CCCc1ccc(OC)cc1.COC(=O)CCCCc1ccc(OC)cc1. The first-order valence-electron chi connectivity index (χ1n) is 11.0. The molecule has 0 N–H and O–H groups in total. The third-order valence-corrected chi connectivity index (χ3v) is 5.85. The second kappa shape index (κ2) is 17.0. The highest BCUT2D eigenvalue weighted by Gasteiger charge is 2.14. The van der Waals surface area contributed by atoms with Gasteiger partial charge in [0.1, 0.15) is 16.3 Å². The Balaban J connectivity index is 0.000000331. The third-order valence-electron chi connectivity index (χ3n) is 5.02. The smallest absolute Gasteiger partial charge is 0.319 e. The molecule has 0 aliphatic heterocycles. The van der Waals surface area contributed by atoms with Crippen LogP contribution >= 0.6 is 15.9 Å². The first-order valence-corrected chi connectivity index (χ1v) is 11.9. The molecule has 0 heterocycles. The first kappa shape index (κ1) is 28.5. The van der Waals surface area contributed by atoms with Gasteiger partial charge in [-0.1, -0.05) is 40.2 Å². The Morgan fingerprint density at radius 2 is 1.21 bits per heavy atom. The summed E-state index contributed by atoms with van der Waals surface area (Å²) in [7, 11) is 6.14. The van der Waals surface area contributed by atoms with Crippen LogP contribution in [0, 0.1) is 0 Å².